The van der Waals surface area contributed by atoms with E-state index in [1.54, 1.807) is 13.0 Å². The van der Waals surface area contributed by atoms with Crippen molar-refractivity contribution >= 4 is 11.5 Å². The quantitative estimate of drug-likeness (QED) is 0.801. The number of carbonyl (C=O) groups excluding carboxylic acids is 1. The Morgan fingerprint density at radius 1 is 1.60 bits per heavy atom. The first-order valence-corrected chi connectivity index (χ1v) is 5.22. The number of hydrogen-bond acceptors (Lipinski definition) is 3. The molecular formula is C12H15NO2. The molecule has 1 N–H and O–H groups in total. The number of carbonyl (C=O) groups is 1. The molecule has 0 amide bonds. The molecule has 0 aromatic heterocycles. The second kappa shape index (κ2) is 3.57. The fourth-order valence-corrected chi connectivity index (χ4v) is 2.22. The van der Waals surface area contributed by atoms with Gasteiger partial charge < -0.3 is 10.0 Å². The van der Waals surface area contributed by atoms with Gasteiger partial charge in [-0.15, -0.1) is 0 Å². The van der Waals surface area contributed by atoms with E-state index in [4.69, 9.17) is 0 Å². The van der Waals surface area contributed by atoms with Gasteiger partial charge in [0.05, 0.1) is 5.92 Å². The lowest BCUT2D eigenvalue weighted by molar-refractivity contribution is -0.118. The van der Waals surface area contributed by atoms with Crippen molar-refractivity contribution in [2.75, 3.05) is 18.0 Å². The molecule has 15 heavy (non-hydrogen) atoms. The molecule has 1 aliphatic rings. The third-order valence-electron chi connectivity index (χ3n) is 3.02. The van der Waals surface area contributed by atoms with Crippen LogP contribution >= 0.6 is 0 Å². The lowest BCUT2D eigenvalue weighted by Gasteiger charge is -2.16. The second-order valence-electron chi connectivity index (χ2n) is 3.91. The highest BCUT2D eigenvalue weighted by Crippen LogP contribution is 2.41. The zero-order valence-electron chi connectivity index (χ0n) is 9.03. The van der Waals surface area contributed by atoms with Gasteiger partial charge in [-0.3, -0.25) is 4.79 Å². The summed E-state index contributed by atoms with van der Waals surface area (Å²) in [5.41, 5.74) is 1.80. The Balaban J connectivity index is 2.52. The maximum Gasteiger partial charge on any atom is 0.139 e. The number of phenols is 1. The van der Waals surface area contributed by atoms with Crippen LogP contribution in [0.5, 0.6) is 5.75 Å². The lowest BCUT2D eigenvalue weighted by atomic mass is 9.97. The average molecular weight is 205 g/mol. The zero-order chi connectivity index (χ0) is 11.0. The molecule has 0 fully saturated rings. The second-order valence-corrected chi connectivity index (χ2v) is 3.91. The monoisotopic (exact) mass is 205 g/mol. The summed E-state index contributed by atoms with van der Waals surface area (Å²) in [5, 5.41) is 9.79. The predicted octanol–water partition coefficient (Wildman–Crippen LogP) is 1.90. The molecule has 0 bridgehead atoms. The number of hydrogen-bond donors (Lipinski definition) is 1. The highest BCUT2D eigenvalue weighted by Gasteiger charge is 2.32. The Morgan fingerprint density at radius 3 is 2.93 bits per heavy atom. The molecule has 1 aromatic carbocycles. The van der Waals surface area contributed by atoms with E-state index in [-0.39, 0.29) is 17.5 Å². The van der Waals surface area contributed by atoms with Gasteiger partial charge in [-0.1, -0.05) is 6.07 Å². The van der Waals surface area contributed by atoms with Crippen molar-refractivity contribution in [3.8, 4) is 5.75 Å². The number of anilines is 1. The Hall–Kier alpha value is -1.51. The number of rotatable bonds is 2. The smallest absolute Gasteiger partial charge is 0.139 e. The number of nitrogens with zero attached hydrogens (tertiary/aromatic N) is 1. The molecule has 2 rings (SSSR count). The van der Waals surface area contributed by atoms with Crippen molar-refractivity contribution in [3.63, 3.8) is 0 Å². The van der Waals surface area contributed by atoms with Gasteiger partial charge in [-0.05, 0) is 26.0 Å². The first-order chi connectivity index (χ1) is 7.15. The van der Waals surface area contributed by atoms with Crippen molar-refractivity contribution < 1.29 is 9.90 Å². The van der Waals surface area contributed by atoms with Crippen molar-refractivity contribution in [1.29, 1.82) is 0 Å². The topological polar surface area (TPSA) is 40.5 Å². The predicted molar refractivity (Wildman–Crippen MR) is 59.4 cm³/mol. The maximum absolute atomic E-state index is 11.5. The SMILES string of the molecule is CCN1CC(C(C)=O)c2c(O)cccc21. The van der Waals surface area contributed by atoms with Crippen molar-refractivity contribution in [2.45, 2.75) is 19.8 Å². The van der Waals surface area contributed by atoms with Crippen LogP contribution in [0.3, 0.4) is 0 Å². The molecule has 1 aliphatic heterocycles. The fourth-order valence-electron chi connectivity index (χ4n) is 2.22. The summed E-state index contributed by atoms with van der Waals surface area (Å²) in [4.78, 5) is 13.6. The van der Waals surface area contributed by atoms with Crippen LogP contribution in [0.4, 0.5) is 5.69 Å². The van der Waals surface area contributed by atoms with Crippen molar-refractivity contribution in [2.24, 2.45) is 0 Å². The van der Waals surface area contributed by atoms with E-state index in [9.17, 15) is 9.90 Å². The molecule has 1 heterocycles. The van der Waals surface area contributed by atoms with E-state index < -0.39 is 0 Å². The van der Waals surface area contributed by atoms with Crippen molar-refractivity contribution in [1.82, 2.24) is 0 Å². The summed E-state index contributed by atoms with van der Waals surface area (Å²) in [6.07, 6.45) is 0. The van der Waals surface area contributed by atoms with Crippen LogP contribution in [0.2, 0.25) is 0 Å². The molecule has 1 unspecified atom stereocenters. The Morgan fingerprint density at radius 2 is 2.33 bits per heavy atom. The molecule has 3 heteroatoms. The molecule has 0 radical (unpaired) electrons. The molecule has 0 spiro atoms. The number of benzene rings is 1. The van der Waals surface area contributed by atoms with Crippen LogP contribution in [0, 0.1) is 0 Å². The number of likely N-dealkylation sites (N-methyl/N-ethyl adjacent to an activating group) is 1. The minimum Gasteiger partial charge on any atom is -0.508 e. The molecule has 80 valence electrons. The fraction of sp³-hybridized carbons (Fsp3) is 0.417. The first kappa shape index (κ1) is 10.0. The summed E-state index contributed by atoms with van der Waals surface area (Å²) >= 11 is 0. The van der Waals surface area contributed by atoms with Gasteiger partial charge >= 0.3 is 0 Å². The summed E-state index contributed by atoms with van der Waals surface area (Å²) in [6.45, 7) is 5.19. The molecule has 0 aliphatic carbocycles. The highest BCUT2D eigenvalue weighted by atomic mass is 16.3. The molecular weight excluding hydrogens is 190 g/mol. The van der Waals surface area contributed by atoms with Gasteiger partial charge in [0.1, 0.15) is 11.5 Å². The van der Waals surface area contributed by atoms with Crippen LogP contribution in [0.25, 0.3) is 0 Å². The molecule has 0 saturated heterocycles. The molecule has 0 saturated carbocycles. The van der Waals surface area contributed by atoms with Crippen molar-refractivity contribution in [3.05, 3.63) is 23.8 Å². The normalized spacial score (nSPS) is 19.1. The lowest BCUT2D eigenvalue weighted by Crippen LogP contribution is -2.23. The standard InChI is InChI=1S/C12H15NO2/c1-3-13-7-9(8(2)14)12-10(13)5-4-6-11(12)15/h4-6,9,15H,3,7H2,1-2H3. The number of fused-ring (bicyclic) bond motifs is 1. The first-order valence-electron chi connectivity index (χ1n) is 5.22. The number of ketones is 1. The number of Topliss-reactive ketones (excluding diaryl/α,β-unsaturated/α-hetero) is 1. The van der Waals surface area contributed by atoms with Gasteiger partial charge in [0.2, 0.25) is 0 Å². The summed E-state index contributed by atoms with van der Waals surface area (Å²) in [5.74, 6) is 0.193. The largest absolute Gasteiger partial charge is 0.508 e. The van der Waals surface area contributed by atoms with Gasteiger partial charge in [0.25, 0.3) is 0 Å². The average Bonchev–Trinajstić information content (AvgIpc) is 2.58. The third kappa shape index (κ3) is 1.48. The summed E-state index contributed by atoms with van der Waals surface area (Å²) in [6, 6.07) is 5.43. The minimum atomic E-state index is -0.166. The van der Waals surface area contributed by atoms with Crippen LogP contribution in [0.15, 0.2) is 18.2 Å². The van der Waals surface area contributed by atoms with Gasteiger partial charge in [-0.25, -0.2) is 0 Å². The van der Waals surface area contributed by atoms with Crippen LogP contribution < -0.4 is 4.90 Å². The number of aromatic hydroxyl groups is 1. The highest BCUT2D eigenvalue weighted by molar-refractivity contribution is 5.89. The van der Waals surface area contributed by atoms with E-state index in [2.05, 4.69) is 11.8 Å². The van der Waals surface area contributed by atoms with E-state index in [1.807, 2.05) is 12.1 Å². The van der Waals surface area contributed by atoms with E-state index in [1.165, 1.54) is 0 Å². The van der Waals surface area contributed by atoms with Crippen LogP contribution in [-0.2, 0) is 4.79 Å². The zero-order valence-corrected chi connectivity index (χ0v) is 9.03. The maximum atomic E-state index is 11.5. The van der Waals surface area contributed by atoms with E-state index in [0.29, 0.717) is 6.54 Å². The third-order valence-corrected chi connectivity index (χ3v) is 3.02. The Bertz CT molecular complexity index is 401. The summed E-state index contributed by atoms with van der Waals surface area (Å²) < 4.78 is 0. The van der Waals surface area contributed by atoms with E-state index in [0.717, 1.165) is 17.8 Å². The molecule has 1 aromatic rings. The van der Waals surface area contributed by atoms with Gasteiger partial charge in [0.15, 0.2) is 0 Å². The Labute approximate surface area is 89.3 Å². The number of phenolic OH excluding ortho intramolecular Hbond substituents is 1. The van der Waals surface area contributed by atoms with Crippen LogP contribution in [-0.4, -0.2) is 24.0 Å². The van der Waals surface area contributed by atoms with Gasteiger partial charge in [-0.2, -0.15) is 0 Å². The summed E-state index contributed by atoms with van der Waals surface area (Å²) in [7, 11) is 0. The van der Waals surface area contributed by atoms with Crippen LogP contribution in [0.1, 0.15) is 25.3 Å². The molecule has 1 atom stereocenters. The van der Waals surface area contributed by atoms with Gasteiger partial charge in [0, 0.05) is 24.3 Å². The molecule has 3 nitrogen and oxygen atoms in total. The van der Waals surface area contributed by atoms with E-state index >= 15 is 0 Å². The minimum absolute atomic E-state index is 0.119. The Kier molecular flexibility index (Phi) is 2.39.